The van der Waals surface area contributed by atoms with Gasteiger partial charge in [-0.1, -0.05) is 55.5 Å². The molecule has 0 bridgehead atoms. The number of carbonyl (C=O) groups excluding carboxylic acids is 1. The highest BCUT2D eigenvalue weighted by Crippen LogP contribution is 2.20. The molecular weight excluding hydrogens is 296 g/mol. The molecule has 122 valence electrons. The molecule has 0 amide bonds. The summed E-state index contributed by atoms with van der Waals surface area (Å²) < 4.78 is 0. The van der Waals surface area contributed by atoms with E-state index in [-0.39, 0.29) is 11.5 Å². The van der Waals surface area contributed by atoms with E-state index < -0.39 is 0 Å². The highest BCUT2D eigenvalue weighted by molar-refractivity contribution is 6.20. The molecule has 1 atom stereocenters. The molecule has 0 saturated heterocycles. The third-order valence-electron chi connectivity index (χ3n) is 4.56. The predicted molar refractivity (Wildman–Crippen MR) is 99.1 cm³/mol. The first-order valence-corrected chi connectivity index (χ1v) is 8.34. The zero-order valence-electron chi connectivity index (χ0n) is 14.3. The molecule has 1 aliphatic rings. The molecule has 2 heteroatoms. The summed E-state index contributed by atoms with van der Waals surface area (Å²) in [6.45, 7) is 5.69. The summed E-state index contributed by atoms with van der Waals surface area (Å²) in [4.78, 5) is 12.5. The summed E-state index contributed by atoms with van der Waals surface area (Å²) >= 11 is 0. The Morgan fingerprint density at radius 3 is 2.67 bits per heavy atom. The van der Waals surface area contributed by atoms with E-state index in [2.05, 4.69) is 19.1 Å². The molecule has 3 rings (SSSR count). The smallest absolute Gasteiger partial charge is 0.161 e. The molecule has 2 aromatic carbocycles. The topological polar surface area (TPSA) is 37.3 Å². The second-order valence-corrected chi connectivity index (χ2v) is 6.35. The van der Waals surface area contributed by atoms with E-state index >= 15 is 0 Å². The fraction of sp³-hybridized carbons (Fsp3) is 0.227. The molecule has 24 heavy (non-hydrogen) atoms. The van der Waals surface area contributed by atoms with Gasteiger partial charge in [0.1, 0.15) is 5.75 Å². The minimum atomic E-state index is -0.0416. The molecule has 0 aromatic heterocycles. The molecule has 0 fully saturated rings. The lowest BCUT2D eigenvalue weighted by Crippen LogP contribution is -2.36. The zero-order chi connectivity index (χ0) is 17.3. The Morgan fingerprint density at radius 1 is 1.21 bits per heavy atom. The molecule has 2 aromatic rings. The van der Waals surface area contributed by atoms with Crippen LogP contribution in [0.25, 0.3) is 23.8 Å². The van der Waals surface area contributed by atoms with E-state index in [9.17, 15) is 9.90 Å². The Morgan fingerprint density at radius 2 is 1.96 bits per heavy atom. The molecule has 2 nitrogen and oxygen atoms in total. The van der Waals surface area contributed by atoms with Gasteiger partial charge in [-0.25, -0.2) is 0 Å². The van der Waals surface area contributed by atoms with E-state index in [0.29, 0.717) is 17.1 Å². The number of aromatic hydroxyl groups is 1. The van der Waals surface area contributed by atoms with Gasteiger partial charge in [-0.05, 0) is 53.1 Å². The minimum absolute atomic E-state index is 0.0416. The molecule has 0 spiro atoms. The van der Waals surface area contributed by atoms with Crippen LogP contribution >= 0.6 is 0 Å². The lowest BCUT2D eigenvalue weighted by Gasteiger charge is -2.14. The Kier molecular flexibility index (Phi) is 4.39. The number of carbonyl (C=O) groups is 1. The Bertz CT molecular complexity index is 1040. The molecule has 0 saturated carbocycles. The number of hydrogen-bond donors (Lipinski definition) is 1. The average Bonchev–Trinajstić information content (AvgIpc) is 2.57. The van der Waals surface area contributed by atoms with Crippen LogP contribution in [0.1, 0.15) is 32.8 Å². The van der Waals surface area contributed by atoms with E-state index in [1.165, 1.54) is 0 Å². The van der Waals surface area contributed by atoms with Gasteiger partial charge in [0.05, 0.1) is 0 Å². The number of phenolic OH excluding ortho intramolecular Hbond substituents is 1. The van der Waals surface area contributed by atoms with Crippen molar-refractivity contribution >= 4 is 29.6 Å². The summed E-state index contributed by atoms with van der Waals surface area (Å²) in [5, 5.41) is 14.5. The quantitative estimate of drug-likeness (QED) is 0.913. The van der Waals surface area contributed by atoms with Gasteiger partial charge in [-0.3, -0.25) is 4.79 Å². The number of Topliss-reactive ketones (excluding diaryl/α,β-unsaturated/α-hetero) is 1. The van der Waals surface area contributed by atoms with Gasteiger partial charge in [0, 0.05) is 11.1 Å². The monoisotopic (exact) mass is 318 g/mol. The van der Waals surface area contributed by atoms with Crippen LogP contribution in [0, 0.1) is 5.92 Å². The molecule has 0 aliphatic heterocycles. The first-order valence-electron chi connectivity index (χ1n) is 8.34. The minimum Gasteiger partial charge on any atom is -0.507 e. The lowest BCUT2D eigenvalue weighted by molar-refractivity contribution is -0.111. The zero-order valence-corrected chi connectivity index (χ0v) is 14.3. The van der Waals surface area contributed by atoms with Crippen molar-refractivity contribution in [3.05, 3.63) is 62.8 Å². The number of rotatable bonds is 2. The molecule has 0 heterocycles. The van der Waals surface area contributed by atoms with Crippen LogP contribution in [0.3, 0.4) is 0 Å². The highest BCUT2D eigenvalue weighted by atomic mass is 16.3. The maximum atomic E-state index is 12.5. The first kappa shape index (κ1) is 16.3. The van der Waals surface area contributed by atoms with Crippen LogP contribution in [0.2, 0.25) is 0 Å². The summed E-state index contributed by atoms with van der Waals surface area (Å²) in [6.07, 6.45) is 7.24. The summed E-state index contributed by atoms with van der Waals surface area (Å²) in [5.74, 6) is 0.580. The van der Waals surface area contributed by atoms with Gasteiger partial charge in [0.25, 0.3) is 0 Å². The average molecular weight is 318 g/mol. The van der Waals surface area contributed by atoms with Gasteiger partial charge in [0.2, 0.25) is 0 Å². The summed E-state index contributed by atoms with van der Waals surface area (Å²) in [5.41, 5.74) is 1.23. The van der Waals surface area contributed by atoms with Gasteiger partial charge in [-0.15, -0.1) is 0 Å². The molecule has 1 N–H and O–H groups in total. The fourth-order valence-corrected chi connectivity index (χ4v) is 3.41. The lowest BCUT2D eigenvalue weighted by atomic mass is 9.90. The molecule has 1 aliphatic carbocycles. The maximum absolute atomic E-state index is 12.5. The van der Waals surface area contributed by atoms with Crippen LogP contribution in [0.4, 0.5) is 0 Å². The van der Waals surface area contributed by atoms with Crippen molar-refractivity contribution in [3.8, 4) is 5.75 Å². The summed E-state index contributed by atoms with van der Waals surface area (Å²) in [7, 11) is 0. The normalized spacial score (nSPS) is 18.3. The van der Waals surface area contributed by atoms with Crippen LogP contribution in [-0.2, 0) is 4.79 Å². The van der Waals surface area contributed by atoms with E-state index in [1.807, 2.05) is 43.3 Å². The van der Waals surface area contributed by atoms with Crippen molar-refractivity contribution in [2.24, 2.45) is 5.92 Å². The maximum Gasteiger partial charge on any atom is 0.161 e. The standard InChI is InChI=1S/C22H22O2/c1-4-16-7-5-6-8-18(16)21(15(3)23)22-19-11-9-14(2)13-17(19)10-12-20(22)24/h4-8,10-14,24H,9H2,1-3H3/b16-4?,21-18+. The van der Waals surface area contributed by atoms with Crippen molar-refractivity contribution in [2.75, 3.05) is 0 Å². The Hall–Kier alpha value is -2.61. The van der Waals surface area contributed by atoms with Gasteiger partial charge >= 0.3 is 0 Å². The Balaban J connectivity index is 2.55. The molecule has 0 radical (unpaired) electrons. The van der Waals surface area contributed by atoms with E-state index in [0.717, 1.165) is 27.3 Å². The largest absolute Gasteiger partial charge is 0.507 e. The van der Waals surface area contributed by atoms with E-state index in [4.69, 9.17) is 0 Å². The Labute approximate surface area is 141 Å². The third kappa shape index (κ3) is 2.80. The van der Waals surface area contributed by atoms with Crippen LogP contribution in [0.15, 0.2) is 36.4 Å². The SMILES string of the molecule is CC=c1cccc/c1=C(/C(C)=O)c1c(O)ccc2c1=CCC(C)C=2. The fourth-order valence-electron chi connectivity index (χ4n) is 3.41. The highest BCUT2D eigenvalue weighted by Gasteiger charge is 2.17. The van der Waals surface area contributed by atoms with Crippen molar-refractivity contribution in [3.63, 3.8) is 0 Å². The van der Waals surface area contributed by atoms with Crippen LogP contribution in [-0.4, -0.2) is 10.9 Å². The van der Waals surface area contributed by atoms with Crippen molar-refractivity contribution < 1.29 is 9.90 Å². The second-order valence-electron chi connectivity index (χ2n) is 6.35. The molecular formula is C22H22O2. The van der Waals surface area contributed by atoms with Crippen molar-refractivity contribution in [1.29, 1.82) is 0 Å². The van der Waals surface area contributed by atoms with Crippen LogP contribution < -0.4 is 20.9 Å². The first-order chi connectivity index (χ1) is 11.5. The third-order valence-corrected chi connectivity index (χ3v) is 4.56. The molecule has 1 unspecified atom stereocenters. The number of phenols is 1. The van der Waals surface area contributed by atoms with Gasteiger partial charge in [0.15, 0.2) is 5.78 Å². The summed E-state index contributed by atoms with van der Waals surface area (Å²) in [6, 6.07) is 11.4. The van der Waals surface area contributed by atoms with Gasteiger partial charge in [-0.2, -0.15) is 0 Å². The number of hydrogen-bond acceptors (Lipinski definition) is 2. The van der Waals surface area contributed by atoms with Crippen molar-refractivity contribution in [1.82, 2.24) is 0 Å². The van der Waals surface area contributed by atoms with Crippen LogP contribution in [0.5, 0.6) is 5.75 Å². The van der Waals surface area contributed by atoms with Crippen molar-refractivity contribution in [2.45, 2.75) is 27.2 Å². The number of benzene rings is 2. The number of ketones is 1. The predicted octanol–water partition coefficient (Wildman–Crippen LogP) is 1.58. The van der Waals surface area contributed by atoms with E-state index in [1.54, 1.807) is 13.0 Å². The van der Waals surface area contributed by atoms with Gasteiger partial charge < -0.3 is 5.11 Å². The number of fused-ring (bicyclic) bond motifs is 1. The second kappa shape index (κ2) is 6.48.